The Morgan fingerprint density at radius 3 is 2.74 bits per heavy atom. The van der Waals surface area contributed by atoms with Crippen molar-refractivity contribution in [2.75, 3.05) is 0 Å². The summed E-state index contributed by atoms with van der Waals surface area (Å²) < 4.78 is 15.2. The first-order valence-electron chi connectivity index (χ1n) is 6.34. The van der Waals surface area contributed by atoms with Gasteiger partial charge in [-0.15, -0.1) is 0 Å². The SMILES string of the molecule is CCc1cc(C(N)c2cc(F)ccc2Cl)n(CC)n1. The number of nitrogens with two attached hydrogens (primary N) is 1. The fourth-order valence-electron chi connectivity index (χ4n) is 2.08. The van der Waals surface area contributed by atoms with Crippen molar-refractivity contribution in [2.24, 2.45) is 5.73 Å². The van der Waals surface area contributed by atoms with Crippen molar-refractivity contribution >= 4 is 11.6 Å². The molecule has 1 aromatic carbocycles. The van der Waals surface area contributed by atoms with Gasteiger partial charge < -0.3 is 5.73 Å². The molecular weight excluding hydrogens is 265 g/mol. The summed E-state index contributed by atoms with van der Waals surface area (Å²) in [6, 6.07) is 5.71. The third-order valence-corrected chi connectivity index (χ3v) is 3.48. The van der Waals surface area contributed by atoms with E-state index < -0.39 is 6.04 Å². The molecule has 0 bridgehead atoms. The number of benzene rings is 1. The van der Waals surface area contributed by atoms with Crippen molar-refractivity contribution in [3.05, 3.63) is 52.1 Å². The summed E-state index contributed by atoms with van der Waals surface area (Å²) in [5.41, 5.74) is 8.63. The van der Waals surface area contributed by atoms with Crippen molar-refractivity contribution in [3.8, 4) is 0 Å². The van der Waals surface area contributed by atoms with Crippen LogP contribution in [0.5, 0.6) is 0 Å². The molecule has 2 N–H and O–H groups in total. The molecule has 0 radical (unpaired) electrons. The molecule has 0 aliphatic rings. The van der Waals surface area contributed by atoms with Gasteiger partial charge >= 0.3 is 0 Å². The lowest BCUT2D eigenvalue weighted by Crippen LogP contribution is -2.17. The van der Waals surface area contributed by atoms with Gasteiger partial charge in [0, 0.05) is 11.6 Å². The number of hydrogen-bond donors (Lipinski definition) is 1. The third kappa shape index (κ3) is 2.80. The van der Waals surface area contributed by atoms with E-state index in [0.29, 0.717) is 10.6 Å². The predicted octanol–water partition coefficient (Wildman–Crippen LogP) is 3.31. The second kappa shape index (κ2) is 5.72. The van der Waals surface area contributed by atoms with E-state index in [4.69, 9.17) is 17.3 Å². The van der Waals surface area contributed by atoms with E-state index >= 15 is 0 Å². The van der Waals surface area contributed by atoms with E-state index in [-0.39, 0.29) is 5.82 Å². The quantitative estimate of drug-likeness (QED) is 0.934. The van der Waals surface area contributed by atoms with Gasteiger partial charge in [0.25, 0.3) is 0 Å². The molecule has 2 aromatic rings. The molecule has 1 aromatic heterocycles. The maximum atomic E-state index is 13.3. The molecule has 1 unspecified atom stereocenters. The molecule has 19 heavy (non-hydrogen) atoms. The summed E-state index contributed by atoms with van der Waals surface area (Å²) in [5.74, 6) is -0.340. The standard InChI is InChI=1S/C14H17ClFN3/c1-3-10-8-13(19(4-2)18-10)14(17)11-7-9(16)5-6-12(11)15/h5-8,14H,3-4,17H2,1-2H3. The summed E-state index contributed by atoms with van der Waals surface area (Å²) in [6.07, 6.45) is 0.837. The number of aromatic nitrogens is 2. The monoisotopic (exact) mass is 281 g/mol. The van der Waals surface area contributed by atoms with E-state index in [1.54, 1.807) is 0 Å². The first-order valence-corrected chi connectivity index (χ1v) is 6.71. The molecule has 1 atom stereocenters. The van der Waals surface area contributed by atoms with Gasteiger partial charge in [0.05, 0.1) is 17.4 Å². The third-order valence-electron chi connectivity index (χ3n) is 3.14. The van der Waals surface area contributed by atoms with Crippen LogP contribution in [0.15, 0.2) is 24.3 Å². The van der Waals surface area contributed by atoms with Crippen LogP contribution < -0.4 is 5.73 Å². The number of aryl methyl sites for hydroxylation is 2. The zero-order valence-corrected chi connectivity index (χ0v) is 11.8. The van der Waals surface area contributed by atoms with Gasteiger partial charge in [0.2, 0.25) is 0 Å². The number of nitrogens with zero attached hydrogens (tertiary/aromatic N) is 2. The lowest BCUT2D eigenvalue weighted by molar-refractivity contribution is 0.590. The zero-order chi connectivity index (χ0) is 14.0. The zero-order valence-electron chi connectivity index (χ0n) is 11.0. The number of rotatable bonds is 4. The molecule has 0 amide bonds. The average molecular weight is 282 g/mol. The van der Waals surface area contributed by atoms with E-state index in [1.165, 1.54) is 18.2 Å². The molecule has 0 fully saturated rings. The molecule has 1 heterocycles. The second-order valence-corrected chi connectivity index (χ2v) is 4.78. The molecule has 0 aliphatic carbocycles. The van der Waals surface area contributed by atoms with Gasteiger partial charge in [-0.05, 0) is 43.2 Å². The summed E-state index contributed by atoms with van der Waals surface area (Å²) in [6.45, 7) is 4.75. The maximum Gasteiger partial charge on any atom is 0.123 e. The lowest BCUT2D eigenvalue weighted by atomic mass is 10.0. The summed E-state index contributed by atoms with van der Waals surface area (Å²) >= 11 is 6.10. The van der Waals surface area contributed by atoms with Gasteiger partial charge in [-0.3, -0.25) is 4.68 Å². The van der Waals surface area contributed by atoms with E-state index in [2.05, 4.69) is 5.10 Å². The Hall–Kier alpha value is -1.39. The molecule has 0 saturated carbocycles. The van der Waals surface area contributed by atoms with Gasteiger partial charge in [-0.25, -0.2) is 4.39 Å². The predicted molar refractivity (Wildman–Crippen MR) is 74.7 cm³/mol. The molecular formula is C14H17ClFN3. The van der Waals surface area contributed by atoms with Crippen LogP contribution in [0.3, 0.4) is 0 Å². The smallest absolute Gasteiger partial charge is 0.123 e. The van der Waals surface area contributed by atoms with Crippen molar-refractivity contribution < 1.29 is 4.39 Å². The molecule has 3 nitrogen and oxygen atoms in total. The Kier molecular flexibility index (Phi) is 4.22. The molecule has 0 aliphatic heterocycles. The van der Waals surface area contributed by atoms with Gasteiger partial charge in [0.15, 0.2) is 0 Å². The van der Waals surface area contributed by atoms with Crippen LogP contribution in [0.25, 0.3) is 0 Å². The average Bonchev–Trinajstić information content (AvgIpc) is 2.84. The van der Waals surface area contributed by atoms with Crippen molar-refractivity contribution in [1.29, 1.82) is 0 Å². The molecule has 0 saturated heterocycles. The van der Waals surface area contributed by atoms with Crippen LogP contribution in [0.4, 0.5) is 4.39 Å². The highest BCUT2D eigenvalue weighted by Gasteiger charge is 2.18. The Morgan fingerprint density at radius 2 is 2.11 bits per heavy atom. The van der Waals surface area contributed by atoms with Crippen molar-refractivity contribution in [2.45, 2.75) is 32.9 Å². The van der Waals surface area contributed by atoms with Crippen LogP contribution in [0.2, 0.25) is 5.02 Å². The largest absolute Gasteiger partial charge is 0.319 e. The lowest BCUT2D eigenvalue weighted by Gasteiger charge is -2.15. The Morgan fingerprint density at radius 1 is 1.37 bits per heavy atom. The minimum absolute atomic E-state index is 0.340. The minimum atomic E-state index is -0.476. The number of halogens is 2. The minimum Gasteiger partial charge on any atom is -0.319 e. The van der Waals surface area contributed by atoms with Gasteiger partial charge in [0.1, 0.15) is 5.82 Å². The first-order chi connectivity index (χ1) is 9.06. The Labute approximate surface area is 117 Å². The van der Waals surface area contributed by atoms with Gasteiger partial charge in [-0.1, -0.05) is 18.5 Å². The van der Waals surface area contributed by atoms with Crippen LogP contribution in [0, 0.1) is 5.82 Å². The van der Waals surface area contributed by atoms with Crippen LogP contribution >= 0.6 is 11.6 Å². The Bertz CT molecular complexity index is 580. The molecule has 0 spiro atoms. The molecule has 5 heteroatoms. The first kappa shape index (κ1) is 14.0. The second-order valence-electron chi connectivity index (χ2n) is 4.37. The Balaban J connectivity index is 2.45. The van der Waals surface area contributed by atoms with Crippen LogP contribution in [0.1, 0.15) is 36.8 Å². The van der Waals surface area contributed by atoms with E-state index in [1.807, 2.05) is 24.6 Å². The molecule has 2 rings (SSSR count). The highest BCUT2D eigenvalue weighted by molar-refractivity contribution is 6.31. The highest BCUT2D eigenvalue weighted by atomic mass is 35.5. The molecule has 102 valence electrons. The van der Waals surface area contributed by atoms with E-state index in [0.717, 1.165) is 24.4 Å². The van der Waals surface area contributed by atoms with Crippen LogP contribution in [-0.2, 0) is 13.0 Å². The topological polar surface area (TPSA) is 43.8 Å². The van der Waals surface area contributed by atoms with Crippen molar-refractivity contribution in [3.63, 3.8) is 0 Å². The summed E-state index contributed by atoms with van der Waals surface area (Å²) in [7, 11) is 0. The van der Waals surface area contributed by atoms with Crippen LogP contribution in [-0.4, -0.2) is 9.78 Å². The number of hydrogen-bond acceptors (Lipinski definition) is 2. The summed E-state index contributed by atoms with van der Waals surface area (Å²) in [5, 5.41) is 4.91. The highest BCUT2D eigenvalue weighted by Crippen LogP contribution is 2.27. The normalized spacial score (nSPS) is 12.7. The fourth-order valence-corrected chi connectivity index (χ4v) is 2.31. The fraction of sp³-hybridized carbons (Fsp3) is 0.357. The maximum absolute atomic E-state index is 13.3. The van der Waals surface area contributed by atoms with E-state index in [9.17, 15) is 4.39 Å². The van der Waals surface area contributed by atoms with Crippen molar-refractivity contribution in [1.82, 2.24) is 9.78 Å². The summed E-state index contributed by atoms with van der Waals surface area (Å²) in [4.78, 5) is 0. The van der Waals surface area contributed by atoms with Gasteiger partial charge in [-0.2, -0.15) is 5.10 Å².